The Kier molecular flexibility index (Phi) is 9.60. The summed E-state index contributed by atoms with van der Waals surface area (Å²) in [5.41, 5.74) is 10.4. The van der Waals surface area contributed by atoms with E-state index in [1.54, 1.807) is 6.92 Å². The van der Waals surface area contributed by atoms with Crippen LogP contribution in [0.4, 0.5) is 0 Å². The van der Waals surface area contributed by atoms with Crippen molar-refractivity contribution in [2.75, 3.05) is 6.61 Å². The second-order valence-electron chi connectivity index (χ2n) is 8.43. The maximum Gasteiger partial charge on any atom is 0.308 e. The first-order valence-electron chi connectivity index (χ1n) is 12.0. The van der Waals surface area contributed by atoms with E-state index in [0.717, 1.165) is 41.5 Å². The summed E-state index contributed by atoms with van der Waals surface area (Å²) in [5.74, 6) is -0.363. The van der Waals surface area contributed by atoms with Gasteiger partial charge in [0.15, 0.2) is 0 Å². The number of rotatable bonds is 12. The summed E-state index contributed by atoms with van der Waals surface area (Å²) in [5, 5.41) is 10.5. The Morgan fingerprint density at radius 1 is 0.914 bits per heavy atom. The molecule has 0 aromatic heterocycles. The summed E-state index contributed by atoms with van der Waals surface area (Å²) in [7, 11) is 0. The van der Waals surface area contributed by atoms with Crippen molar-refractivity contribution in [3.63, 3.8) is 0 Å². The number of amides is 1. The number of benzene rings is 3. The van der Waals surface area contributed by atoms with E-state index < -0.39 is 6.04 Å². The third-order valence-electron chi connectivity index (χ3n) is 5.82. The third kappa shape index (κ3) is 8.10. The topological polar surface area (TPSA) is 105 Å². The van der Waals surface area contributed by atoms with Crippen LogP contribution in [0, 0.1) is 5.41 Å². The van der Waals surface area contributed by atoms with Crippen molar-refractivity contribution in [3.05, 3.63) is 95.6 Å². The van der Waals surface area contributed by atoms with Crippen LogP contribution in [0.3, 0.4) is 0 Å². The molecule has 182 valence electrons. The van der Waals surface area contributed by atoms with Crippen LogP contribution in [0.25, 0.3) is 11.1 Å². The quantitative estimate of drug-likeness (QED) is 0.147. The van der Waals surface area contributed by atoms with Crippen LogP contribution >= 0.6 is 0 Å². The van der Waals surface area contributed by atoms with Crippen molar-refractivity contribution in [1.82, 2.24) is 5.32 Å². The van der Waals surface area contributed by atoms with Crippen LogP contribution in [0.1, 0.15) is 55.3 Å². The SMILES string of the molecule is CCOC(=O)CC(NC(=O)CCCCc1ccc(C(=N)N)cc1)c1ccc(-c2ccccc2)cc1. The van der Waals surface area contributed by atoms with Crippen molar-refractivity contribution < 1.29 is 14.3 Å². The maximum atomic E-state index is 12.7. The smallest absolute Gasteiger partial charge is 0.308 e. The number of hydrogen-bond donors (Lipinski definition) is 3. The summed E-state index contributed by atoms with van der Waals surface area (Å²) in [6.07, 6.45) is 2.92. The number of aryl methyl sites for hydroxylation is 1. The van der Waals surface area contributed by atoms with E-state index in [9.17, 15) is 9.59 Å². The molecule has 0 spiro atoms. The molecule has 1 atom stereocenters. The fraction of sp³-hybridized carbons (Fsp3) is 0.276. The highest BCUT2D eigenvalue weighted by Crippen LogP contribution is 2.24. The molecule has 0 saturated heterocycles. The maximum absolute atomic E-state index is 12.7. The Morgan fingerprint density at radius 3 is 2.20 bits per heavy atom. The van der Waals surface area contributed by atoms with Crippen LogP contribution < -0.4 is 11.1 Å². The second kappa shape index (κ2) is 13.1. The monoisotopic (exact) mass is 471 g/mol. The normalized spacial score (nSPS) is 11.5. The number of amidine groups is 1. The first-order chi connectivity index (χ1) is 17.0. The zero-order chi connectivity index (χ0) is 25.0. The van der Waals surface area contributed by atoms with Gasteiger partial charge in [0.1, 0.15) is 5.84 Å². The Bertz CT molecular complexity index is 1110. The molecule has 0 bridgehead atoms. The van der Waals surface area contributed by atoms with Crippen molar-refractivity contribution >= 4 is 17.7 Å². The van der Waals surface area contributed by atoms with E-state index in [4.69, 9.17) is 15.9 Å². The minimum atomic E-state index is -0.439. The van der Waals surface area contributed by atoms with Gasteiger partial charge in [0.2, 0.25) is 5.91 Å². The average molecular weight is 472 g/mol. The lowest BCUT2D eigenvalue weighted by molar-refractivity contribution is -0.143. The first-order valence-corrected chi connectivity index (χ1v) is 12.0. The lowest BCUT2D eigenvalue weighted by Gasteiger charge is -2.19. The molecular weight excluding hydrogens is 438 g/mol. The Hall–Kier alpha value is -3.93. The Labute approximate surface area is 207 Å². The zero-order valence-electron chi connectivity index (χ0n) is 20.1. The molecule has 3 rings (SSSR count). The lowest BCUT2D eigenvalue weighted by atomic mass is 9.98. The fourth-order valence-corrected chi connectivity index (χ4v) is 3.91. The van der Waals surface area contributed by atoms with Gasteiger partial charge < -0.3 is 15.8 Å². The van der Waals surface area contributed by atoms with Crippen molar-refractivity contribution in [3.8, 4) is 11.1 Å². The van der Waals surface area contributed by atoms with Crippen LogP contribution in [0.5, 0.6) is 0 Å². The van der Waals surface area contributed by atoms with Crippen LogP contribution in [-0.4, -0.2) is 24.3 Å². The largest absolute Gasteiger partial charge is 0.466 e. The third-order valence-corrected chi connectivity index (χ3v) is 5.82. The number of hydrogen-bond acceptors (Lipinski definition) is 4. The fourth-order valence-electron chi connectivity index (χ4n) is 3.91. The first kappa shape index (κ1) is 25.7. The number of carbonyl (C=O) groups excluding carboxylic acids is 2. The molecule has 0 aliphatic rings. The van der Waals surface area contributed by atoms with Gasteiger partial charge in [0.05, 0.1) is 19.1 Å². The van der Waals surface area contributed by atoms with E-state index in [1.165, 1.54) is 0 Å². The van der Waals surface area contributed by atoms with Gasteiger partial charge in [-0.25, -0.2) is 0 Å². The van der Waals surface area contributed by atoms with Crippen molar-refractivity contribution in [1.29, 1.82) is 5.41 Å². The zero-order valence-corrected chi connectivity index (χ0v) is 20.1. The molecule has 3 aromatic carbocycles. The van der Waals surface area contributed by atoms with E-state index in [2.05, 4.69) is 5.32 Å². The van der Waals surface area contributed by atoms with Gasteiger partial charge in [0, 0.05) is 12.0 Å². The molecule has 0 aliphatic carbocycles. The van der Waals surface area contributed by atoms with E-state index in [0.29, 0.717) is 18.6 Å². The molecule has 35 heavy (non-hydrogen) atoms. The second-order valence-corrected chi connectivity index (χ2v) is 8.43. The van der Waals surface area contributed by atoms with E-state index >= 15 is 0 Å². The van der Waals surface area contributed by atoms with E-state index in [-0.39, 0.29) is 24.1 Å². The number of ether oxygens (including phenoxy) is 1. The van der Waals surface area contributed by atoms with Gasteiger partial charge in [0.25, 0.3) is 0 Å². The number of nitrogens with two attached hydrogens (primary N) is 1. The molecule has 1 amide bonds. The van der Waals surface area contributed by atoms with Crippen molar-refractivity contribution in [2.24, 2.45) is 5.73 Å². The minimum absolute atomic E-state index is 0.0558. The summed E-state index contributed by atoms with van der Waals surface area (Å²) < 4.78 is 5.13. The molecule has 4 N–H and O–H groups in total. The van der Waals surface area contributed by atoms with Gasteiger partial charge >= 0.3 is 5.97 Å². The molecule has 0 saturated carbocycles. The highest BCUT2D eigenvalue weighted by Gasteiger charge is 2.19. The lowest BCUT2D eigenvalue weighted by Crippen LogP contribution is -2.30. The number of unbranched alkanes of at least 4 members (excludes halogenated alkanes) is 1. The molecule has 1 unspecified atom stereocenters. The molecule has 0 radical (unpaired) electrons. The van der Waals surface area contributed by atoms with Gasteiger partial charge in [-0.2, -0.15) is 0 Å². The van der Waals surface area contributed by atoms with Crippen LogP contribution in [0.2, 0.25) is 0 Å². The predicted molar refractivity (Wildman–Crippen MR) is 139 cm³/mol. The number of carbonyl (C=O) groups is 2. The van der Waals surface area contributed by atoms with Gasteiger partial charge in [-0.05, 0) is 48.4 Å². The molecule has 0 heterocycles. The summed E-state index contributed by atoms with van der Waals surface area (Å²) in [6.45, 7) is 2.08. The number of nitrogen functional groups attached to an aromatic ring is 1. The van der Waals surface area contributed by atoms with Gasteiger partial charge in [-0.1, -0.05) is 78.9 Å². The predicted octanol–water partition coefficient (Wildman–Crippen LogP) is 5.16. The van der Waals surface area contributed by atoms with Crippen LogP contribution in [-0.2, 0) is 20.7 Å². The molecule has 0 fully saturated rings. The highest BCUT2D eigenvalue weighted by molar-refractivity contribution is 5.94. The summed E-state index contributed by atoms with van der Waals surface area (Å²) in [6, 6.07) is 25.2. The molecular formula is C29H33N3O3. The van der Waals surface area contributed by atoms with Crippen LogP contribution in [0.15, 0.2) is 78.9 Å². The Balaban J connectivity index is 1.56. The standard InChI is InChI=1S/C29H33N3O3/c1-2-35-28(34)20-26(24-18-16-23(17-19-24)22-9-4-3-5-10-22)32-27(33)11-7-6-8-21-12-14-25(15-13-21)29(30)31/h3-5,9-10,12-19,26H,2,6-8,11,20H2,1H3,(H3,30,31)(H,32,33). The van der Waals surface area contributed by atoms with Gasteiger partial charge in [-0.15, -0.1) is 0 Å². The number of esters is 1. The van der Waals surface area contributed by atoms with E-state index in [1.807, 2.05) is 78.9 Å². The molecule has 6 heteroatoms. The summed E-state index contributed by atoms with van der Waals surface area (Å²) >= 11 is 0. The summed E-state index contributed by atoms with van der Waals surface area (Å²) in [4.78, 5) is 24.9. The van der Waals surface area contributed by atoms with Gasteiger partial charge in [-0.3, -0.25) is 15.0 Å². The Morgan fingerprint density at radius 2 is 1.57 bits per heavy atom. The number of nitrogens with one attached hydrogen (secondary N) is 2. The average Bonchev–Trinajstić information content (AvgIpc) is 2.87. The molecule has 0 aliphatic heterocycles. The highest BCUT2D eigenvalue weighted by atomic mass is 16.5. The molecule has 6 nitrogen and oxygen atoms in total. The molecule has 3 aromatic rings. The van der Waals surface area contributed by atoms with Crippen molar-refractivity contribution in [2.45, 2.75) is 45.1 Å². The minimum Gasteiger partial charge on any atom is -0.466 e.